The van der Waals surface area contributed by atoms with Crippen LogP contribution in [0.5, 0.6) is 0 Å². The summed E-state index contributed by atoms with van der Waals surface area (Å²) in [4.78, 5) is 36.6. The van der Waals surface area contributed by atoms with Crippen LogP contribution < -0.4 is 0 Å². The van der Waals surface area contributed by atoms with E-state index in [1.54, 1.807) is 41.5 Å². The first-order valence-corrected chi connectivity index (χ1v) is 7.25. The van der Waals surface area contributed by atoms with Crippen LogP contribution in [0.2, 0.25) is 0 Å². The molecule has 2 atom stereocenters. The molecule has 0 saturated carbocycles. The van der Waals surface area contributed by atoms with Crippen LogP contribution in [-0.4, -0.2) is 51.8 Å². The van der Waals surface area contributed by atoms with Crippen molar-refractivity contribution >= 4 is 18.0 Å². The van der Waals surface area contributed by atoms with Crippen LogP contribution in [0.3, 0.4) is 0 Å². The number of esters is 1. The van der Waals surface area contributed by atoms with Crippen molar-refractivity contribution in [2.75, 3.05) is 6.54 Å². The van der Waals surface area contributed by atoms with E-state index < -0.39 is 41.2 Å². The standard InChI is InChI=1S/C15H25NO6/c1-14(2,3)21-12(19)9-7-10(11(17)18)16(8-9)13(20)22-15(4,5)6/h9-10H,7-8H2,1-6H3,(H,17,18)/t9?,10-/m1/s1. The number of hydrogen-bond donors (Lipinski definition) is 1. The van der Waals surface area contributed by atoms with Crippen molar-refractivity contribution in [1.29, 1.82) is 0 Å². The summed E-state index contributed by atoms with van der Waals surface area (Å²) in [6.45, 7) is 10.3. The molecule has 0 bridgehead atoms. The molecule has 1 N–H and O–H groups in total. The minimum Gasteiger partial charge on any atom is -0.480 e. The van der Waals surface area contributed by atoms with Crippen LogP contribution in [0, 0.1) is 5.92 Å². The predicted molar refractivity (Wildman–Crippen MR) is 78.3 cm³/mol. The second-order valence-electron chi connectivity index (χ2n) is 7.45. The minimum absolute atomic E-state index is 0.0131. The zero-order chi connectivity index (χ0) is 17.3. The van der Waals surface area contributed by atoms with Crippen LogP contribution in [0.1, 0.15) is 48.0 Å². The maximum Gasteiger partial charge on any atom is 0.411 e. The van der Waals surface area contributed by atoms with E-state index in [1.165, 1.54) is 0 Å². The Kier molecular flexibility index (Phi) is 5.10. The summed E-state index contributed by atoms with van der Waals surface area (Å²) in [5, 5.41) is 9.26. The van der Waals surface area contributed by atoms with Crippen LogP contribution in [0.15, 0.2) is 0 Å². The molecule has 0 aromatic rings. The van der Waals surface area contributed by atoms with Gasteiger partial charge in [-0.2, -0.15) is 0 Å². The Balaban J connectivity index is 2.83. The summed E-state index contributed by atoms with van der Waals surface area (Å²) >= 11 is 0. The molecule has 1 aliphatic rings. The third kappa shape index (κ3) is 5.20. The highest BCUT2D eigenvalue weighted by Gasteiger charge is 2.45. The quantitative estimate of drug-likeness (QED) is 0.784. The first-order chi connectivity index (χ1) is 9.80. The molecular formula is C15H25NO6. The molecule has 0 aliphatic carbocycles. The largest absolute Gasteiger partial charge is 0.480 e. The van der Waals surface area contributed by atoms with Crippen LogP contribution in [0.4, 0.5) is 4.79 Å². The Hall–Kier alpha value is -1.79. The number of carbonyl (C=O) groups excluding carboxylic acids is 2. The van der Waals surface area contributed by atoms with Crippen molar-refractivity contribution in [2.45, 2.75) is 65.2 Å². The summed E-state index contributed by atoms with van der Waals surface area (Å²) in [7, 11) is 0. The van der Waals surface area contributed by atoms with E-state index >= 15 is 0 Å². The Morgan fingerprint density at radius 2 is 1.50 bits per heavy atom. The Morgan fingerprint density at radius 1 is 1.00 bits per heavy atom. The van der Waals surface area contributed by atoms with Gasteiger partial charge in [0.25, 0.3) is 0 Å². The first-order valence-electron chi connectivity index (χ1n) is 7.25. The van der Waals surface area contributed by atoms with Crippen molar-refractivity contribution in [1.82, 2.24) is 4.90 Å². The van der Waals surface area contributed by atoms with Gasteiger partial charge in [-0.1, -0.05) is 0 Å². The molecule has 1 rings (SSSR count). The molecule has 7 heteroatoms. The number of carbonyl (C=O) groups is 3. The number of carboxylic acid groups (broad SMARTS) is 1. The summed E-state index contributed by atoms with van der Waals surface area (Å²) < 4.78 is 10.5. The van der Waals surface area contributed by atoms with E-state index in [4.69, 9.17) is 9.47 Å². The molecule has 0 aromatic heterocycles. The lowest BCUT2D eigenvalue weighted by Crippen LogP contribution is -2.43. The molecule has 1 fully saturated rings. The molecule has 22 heavy (non-hydrogen) atoms. The van der Waals surface area contributed by atoms with Gasteiger partial charge in [-0.25, -0.2) is 9.59 Å². The van der Waals surface area contributed by atoms with Gasteiger partial charge in [0, 0.05) is 6.54 Å². The van der Waals surface area contributed by atoms with Gasteiger partial charge in [0.05, 0.1) is 5.92 Å². The number of amides is 1. The van der Waals surface area contributed by atoms with Gasteiger partial charge >= 0.3 is 18.0 Å². The number of hydrogen-bond acceptors (Lipinski definition) is 5. The number of nitrogens with zero attached hydrogens (tertiary/aromatic N) is 1. The van der Waals surface area contributed by atoms with Crippen molar-refractivity contribution in [3.8, 4) is 0 Å². The maximum absolute atomic E-state index is 12.1. The molecule has 0 aromatic carbocycles. The highest BCUT2D eigenvalue weighted by molar-refractivity contribution is 5.84. The number of aliphatic carboxylic acids is 1. The van der Waals surface area contributed by atoms with E-state index in [0.717, 1.165) is 4.90 Å². The Labute approximate surface area is 130 Å². The monoisotopic (exact) mass is 315 g/mol. The van der Waals surface area contributed by atoms with Gasteiger partial charge < -0.3 is 14.6 Å². The normalized spacial score (nSPS) is 22.4. The van der Waals surface area contributed by atoms with Gasteiger partial charge in [0.2, 0.25) is 0 Å². The summed E-state index contributed by atoms with van der Waals surface area (Å²) in [6, 6.07) is -1.08. The number of carboxylic acids is 1. The number of likely N-dealkylation sites (tertiary alicyclic amines) is 1. The molecule has 1 amide bonds. The first kappa shape index (κ1) is 18.3. The molecule has 0 spiro atoms. The lowest BCUT2D eigenvalue weighted by molar-refractivity contribution is -0.159. The topological polar surface area (TPSA) is 93.1 Å². The average molecular weight is 315 g/mol. The second-order valence-corrected chi connectivity index (χ2v) is 7.45. The van der Waals surface area contributed by atoms with Crippen molar-refractivity contribution in [2.24, 2.45) is 5.92 Å². The SMILES string of the molecule is CC(C)(C)OC(=O)C1C[C@H](C(=O)O)N(C(=O)OC(C)(C)C)C1. The van der Waals surface area contributed by atoms with E-state index in [9.17, 15) is 19.5 Å². The van der Waals surface area contributed by atoms with Gasteiger partial charge in [-0.3, -0.25) is 9.69 Å². The van der Waals surface area contributed by atoms with Crippen molar-refractivity contribution < 1.29 is 29.0 Å². The molecule has 1 saturated heterocycles. The van der Waals surface area contributed by atoms with E-state index in [0.29, 0.717) is 0 Å². The Morgan fingerprint density at radius 3 is 1.91 bits per heavy atom. The maximum atomic E-state index is 12.1. The fraction of sp³-hybridized carbons (Fsp3) is 0.800. The Bertz CT molecular complexity index is 460. The molecular weight excluding hydrogens is 290 g/mol. The average Bonchev–Trinajstić information content (AvgIpc) is 2.68. The summed E-state index contributed by atoms with van der Waals surface area (Å²) in [5.74, 6) is -2.31. The lowest BCUT2D eigenvalue weighted by Gasteiger charge is -2.26. The van der Waals surface area contributed by atoms with Gasteiger partial charge in [0.1, 0.15) is 17.2 Å². The van der Waals surface area contributed by atoms with Gasteiger partial charge in [-0.05, 0) is 48.0 Å². The third-order valence-corrected chi connectivity index (χ3v) is 2.95. The van der Waals surface area contributed by atoms with E-state index in [-0.39, 0.29) is 13.0 Å². The van der Waals surface area contributed by atoms with Gasteiger partial charge in [-0.15, -0.1) is 0 Å². The van der Waals surface area contributed by atoms with Crippen LogP contribution in [-0.2, 0) is 19.1 Å². The van der Waals surface area contributed by atoms with E-state index in [2.05, 4.69) is 0 Å². The fourth-order valence-corrected chi connectivity index (χ4v) is 2.15. The second kappa shape index (κ2) is 6.14. The lowest BCUT2D eigenvalue weighted by atomic mass is 10.1. The smallest absolute Gasteiger partial charge is 0.411 e. The summed E-state index contributed by atoms with van der Waals surface area (Å²) in [6.07, 6.45) is -0.699. The zero-order valence-corrected chi connectivity index (χ0v) is 14.0. The van der Waals surface area contributed by atoms with Crippen molar-refractivity contribution in [3.63, 3.8) is 0 Å². The fourth-order valence-electron chi connectivity index (χ4n) is 2.15. The molecule has 1 unspecified atom stereocenters. The van der Waals surface area contributed by atoms with Crippen LogP contribution in [0.25, 0.3) is 0 Å². The number of rotatable bonds is 2. The van der Waals surface area contributed by atoms with Crippen molar-refractivity contribution in [3.05, 3.63) is 0 Å². The highest BCUT2D eigenvalue weighted by atomic mass is 16.6. The highest BCUT2D eigenvalue weighted by Crippen LogP contribution is 2.28. The molecule has 1 aliphatic heterocycles. The molecule has 126 valence electrons. The zero-order valence-electron chi connectivity index (χ0n) is 14.0. The van der Waals surface area contributed by atoms with E-state index in [1.807, 2.05) is 0 Å². The predicted octanol–water partition coefficient (Wildman–Crippen LogP) is 2.04. The van der Waals surface area contributed by atoms with Gasteiger partial charge in [0.15, 0.2) is 0 Å². The summed E-state index contributed by atoms with van der Waals surface area (Å²) in [5.41, 5.74) is -1.39. The van der Waals surface area contributed by atoms with Crippen LogP contribution >= 0.6 is 0 Å². The molecule has 7 nitrogen and oxygen atoms in total. The third-order valence-electron chi connectivity index (χ3n) is 2.95. The minimum atomic E-state index is -1.16. The molecule has 0 radical (unpaired) electrons. The number of ether oxygens (including phenoxy) is 2. The molecule has 1 heterocycles.